The van der Waals surface area contributed by atoms with Crippen LogP contribution in [0.5, 0.6) is 17.2 Å². The molecule has 8 nitrogen and oxygen atoms in total. The van der Waals surface area contributed by atoms with Crippen molar-refractivity contribution in [2.75, 3.05) is 34.5 Å². The van der Waals surface area contributed by atoms with Gasteiger partial charge in [0.1, 0.15) is 23.0 Å². The largest absolute Gasteiger partial charge is 0.507 e. The summed E-state index contributed by atoms with van der Waals surface area (Å²) in [7, 11) is 4.59. The van der Waals surface area contributed by atoms with Gasteiger partial charge in [0, 0.05) is 24.3 Å². The lowest BCUT2D eigenvalue weighted by atomic mass is 9.94. The number of hydrogen-bond acceptors (Lipinski definition) is 7. The van der Waals surface area contributed by atoms with Crippen LogP contribution in [0.25, 0.3) is 5.76 Å². The summed E-state index contributed by atoms with van der Waals surface area (Å²) >= 11 is 0. The molecule has 2 atom stereocenters. The summed E-state index contributed by atoms with van der Waals surface area (Å²) in [6.07, 6.45) is 1.51. The normalized spacial score (nSPS) is 22.0. The summed E-state index contributed by atoms with van der Waals surface area (Å²) in [5.41, 5.74) is 0.941. The Morgan fingerprint density at radius 2 is 1.73 bits per heavy atom. The molecule has 2 aliphatic rings. The van der Waals surface area contributed by atoms with Gasteiger partial charge in [-0.25, -0.2) is 0 Å². The number of carbonyl (C=O) groups excluding carboxylic acids is 2. The molecule has 0 aliphatic carbocycles. The summed E-state index contributed by atoms with van der Waals surface area (Å²) in [5, 5.41) is 11.2. The van der Waals surface area contributed by atoms with Crippen molar-refractivity contribution in [2.24, 2.45) is 0 Å². The van der Waals surface area contributed by atoms with E-state index >= 15 is 0 Å². The third-order valence-electron chi connectivity index (χ3n) is 6.06. The monoisotopic (exact) mass is 453 g/mol. The van der Waals surface area contributed by atoms with E-state index in [1.54, 1.807) is 49.6 Å². The van der Waals surface area contributed by atoms with Gasteiger partial charge in [0.05, 0.1) is 39.0 Å². The van der Waals surface area contributed by atoms with Gasteiger partial charge >= 0.3 is 0 Å². The minimum absolute atomic E-state index is 0.00489. The fourth-order valence-electron chi connectivity index (χ4n) is 4.36. The van der Waals surface area contributed by atoms with Crippen LogP contribution in [0.4, 0.5) is 0 Å². The maximum Gasteiger partial charge on any atom is 0.295 e. The molecule has 174 valence electrons. The smallest absolute Gasteiger partial charge is 0.295 e. The number of amides is 1. The summed E-state index contributed by atoms with van der Waals surface area (Å²) in [4.78, 5) is 27.8. The van der Waals surface area contributed by atoms with Gasteiger partial charge in [0.2, 0.25) is 0 Å². The standard InChI is InChI=1S/C25H27NO7/c1-30-16-8-6-15(7-9-16)23(27)21-22(19-13-17(31-2)10-11-20(19)32-3)26(25(29)24(21)28)14-18-5-4-12-33-18/h6-11,13,18,22,27H,4-5,12,14H2,1-3H3/t18-,22+/m0/s1. The molecule has 2 fully saturated rings. The van der Waals surface area contributed by atoms with Crippen molar-refractivity contribution in [3.63, 3.8) is 0 Å². The zero-order chi connectivity index (χ0) is 23.5. The fraction of sp³-hybridized carbons (Fsp3) is 0.360. The van der Waals surface area contributed by atoms with Crippen LogP contribution in [0.15, 0.2) is 48.0 Å². The number of carbonyl (C=O) groups is 2. The number of benzene rings is 2. The predicted molar refractivity (Wildman–Crippen MR) is 121 cm³/mol. The average molecular weight is 453 g/mol. The number of likely N-dealkylation sites (tertiary alicyclic amines) is 1. The fourth-order valence-corrected chi connectivity index (χ4v) is 4.36. The quantitative estimate of drug-likeness (QED) is 0.390. The number of rotatable bonds is 7. The summed E-state index contributed by atoms with van der Waals surface area (Å²) in [6.45, 7) is 0.850. The minimum atomic E-state index is -0.860. The number of methoxy groups -OCH3 is 3. The number of aliphatic hydroxyl groups is 1. The molecule has 0 saturated carbocycles. The molecular weight excluding hydrogens is 426 g/mol. The zero-order valence-corrected chi connectivity index (χ0v) is 18.9. The van der Waals surface area contributed by atoms with Crippen molar-refractivity contribution in [1.29, 1.82) is 0 Å². The summed E-state index contributed by atoms with van der Waals surface area (Å²) in [5.74, 6) is -0.0811. The molecule has 0 aromatic heterocycles. The second-order valence-corrected chi connectivity index (χ2v) is 7.92. The molecule has 2 aromatic carbocycles. The van der Waals surface area contributed by atoms with Crippen LogP contribution in [0.1, 0.15) is 30.0 Å². The first kappa shape index (κ1) is 22.7. The Balaban J connectivity index is 1.88. The molecule has 2 aliphatic heterocycles. The molecule has 0 unspecified atom stereocenters. The molecule has 1 amide bonds. The van der Waals surface area contributed by atoms with E-state index in [1.807, 2.05) is 0 Å². The third kappa shape index (κ3) is 4.26. The SMILES string of the molecule is COc1ccc(C(O)=C2C(=O)C(=O)N(C[C@@H]3CCCO3)[C@@H]2c2cc(OC)ccc2OC)cc1. The lowest BCUT2D eigenvalue weighted by Gasteiger charge is -2.28. The molecule has 33 heavy (non-hydrogen) atoms. The minimum Gasteiger partial charge on any atom is -0.507 e. The van der Waals surface area contributed by atoms with Crippen LogP contribution >= 0.6 is 0 Å². The molecule has 4 rings (SSSR count). The Morgan fingerprint density at radius 1 is 1.03 bits per heavy atom. The van der Waals surface area contributed by atoms with E-state index < -0.39 is 17.7 Å². The van der Waals surface area contributed by atoms with Gasteiger partial charge in [-0.3, -0.25) is 9.59 Å². The molecular formula is C25H27NO7. The molecule has 2 heterocycles. The Labute approximate surface area is 192 Å². The third-order valence-corrected chi connectivity index (χ3v) is 6.06. The van der Waals surface area contributed by atoms with Gasteiger partial charge in [-0.15, -0.1) is 0 Å². The summed E-state index contributed by atoms with van der Waals surface area (Å²) < 4.78 is 21.8. The topological polar surface area (TPSA) is 94.5 Å². The Hall–Kier alpha value is -3.52. The highest BCUT2D eigenvalue weighted by molar-refractivity contribution is 6.46. The van der Waals surface area contributed by atoms with Crippen LogP contribution in [-0.4, -0.2) is 62.3 Å². The molecule has 0 bridgehead atoms. The molecule has 2 saturated heterocycles. The van der Waals surface area contributed by atoms with Crippen LogP contribution < -0.4 is 14.2 Å². The van der Waals surface area contributed by atoms with Crippen LogP contribution in [0.2, 0.25) is 0 Å². The zero-order valence-electron chi connectivity index (χ0n) is 18.9. The first-order chi connectivity index (χ1) is 16.0. The molecule has 1 N–H and O–H groups in total. The van der Waals surface area contributed by atoms with Crippen molar-refractivity contribution < 1.29 is 33.6 Å². The average Bonchev–Trinajstić information content (AvgIpc) is 3.45. The highest BCUT2D eigenvalue weighted by Gasteiger charge is 2.48. The van der Waals surface area contributed by atoms with E-state index in [-0.39, 0.29) is 24.0 Å². The Bertz CT molecular complexity index is 1070. The van der Waals surface area contributed by atoms with E-state index in [0.29, 0.717) is 35.0 Å². The highest BCUT2D eigenvalue weighted by atomic mass is 16.5. The number of Topliss-reactive ketones (excluding diaryl/α,β-unsaturated/α-hetero) is 1. The molecule has 0 spiro atoms. The van der Waals surface area contributed by atoms with Crippen LogP contribution in [0, 0.1) is 0 Å². The van der Waals surface area contributed by atoms with E-state index in [4.69, 9.17) is 18.9 Å². The second kappa shape index (κ2) is 9.54. The van der Waals surface area contributed by atoms with Gasteiger partial charge in [0.25, 0.3) is 11.7 Å². The lowest BCUT2D eigenvalue weighted by Crippen LogP contribution is -2.36. The summed E-state index contributed by atoms with van der Waals surface area (Å²) in [6, 6.07) is 11.0. The van der Waals surface area contributed by atoms with E-state index in [0.717, 1.165) is 12.8 Å². The van der Waals surface area contributed by atoms with Gasteiger partial charge in [-0.2, -0.15) is 0 Å². The number of nitrogens with zero attached hydrogens (tertiary/aromatic N) is 1. The van der Waals surface area contributed by atoms with Crippen LogP contribution in [0.3, 0.4) is 0 Å². The van der Waals surface area contributed by atoms with Crippen LogP contribution in [-0.2, 0) is 14.3 Å². The van der Waals surface area contributed by atoms with Crippen molar-refractivity contribution in [3.05, 3.63) is 59.2 Å². The van der Waals surface area contributed by atoms with Crippen molar-refractivity contribution in [1.82, 2.24) is 4.90 Å². The number of hydrogen-bond donors (Lipinski definition) is 1. The highest BCUT2D eigenvalue weighted by Crippen LogP contribution is 2.44. The van der Waals surface area contributed by atoms with Gasteiger partial charge in [-0.1, -0.05) is 0 Å². The first-order valence-corrected chi connectivity index (χ1v) is 10.7. The van der Waals surface area contributed by atoms with E-state index in [2.05, 4.69) is 0 Å². The Kier molecular flexibility index (Phi) is 6.55. The van der Waals surface area contributed by atoms with Crippen molar-refractivity contribution in [2.45, 2.75) is 25.0 Å². The second-order valence-electron chi connectivity index (χ2n) is 7.92. The first-order valence-electron chi connectivity index (χ1n) is 10.7. The van der Waals surface area contributed by atoms with Crippen molar-refractivity contribution in [3.8, 4) is 17.2 Å². The number of aliphatic hydroxyl groups excluding tert-OH is 1. The van der Waals surface area contributed by atoms with Crippen molar-refractivity contribution >= 4 is 17.4 Å². The maximum absolute atomic E-state index is 13.2. The molecule has 0 radical (unpaired) electrons. The van der Waals surface area contributed by atoms with E-state index in [1.165, 1.54) is 19.1 Å². The lowest BCUT2D eigenvalue weighted by molar-refractivity contribution is -0.140. The van der Waals surface area contributed by atoms with Gasteiger partial charge in [0.15, 0.2) is 0 Å². The number of ether oxygens (including phenoxy) is 4. The predicted octanol–water partition coefficient (Wildman–Crippen LogP) is 3.31. The van der Waals surface area contributed by atoms with Gasteiger partial charge < -0.3 is 29.0 Å². The van der Waals surface area contributed by atoms with E-state index in [9.17, 15) is 14.7 Å². The Morgan fingerprint density at radius 3 is 2.33 bits per heavy atom. The maximum atomic E-state index is 13.2. The molecule has 8 heteroatoms. The number of ketones is 1. The van der Waals surface area contributed by atoms with Gasteiger partial charge in [-0.05, 0) is 55.3 Å². The molecule has 2 aromatic rings.